The second-order valence-electron chi connectivity index (χ2n) is 7.91. The Bertz CT molecular complexity index is 899. The lowest BCUT2D eigenvalue weighted by Gasteiger charge is -2.29. The molecule has 162 valence electrons. The van der Waals surface area contributed by atoms with Gasteiger partial charge in [0.15, 0.2) is 23.2 Å². The van der Waals surface area contributed by atoms with Crippen LogP contribution in [-0.4, -0.2) is 6.61 Å². The van der Waals surface area contributed by atoms with Gasteiger partial charge in [-0.1, -0.05) is 30.4 Å². The Hall–Kier alpha value is -2.30. The molecule has 0 N–H and O–H groups in total. The van der Waals surface area contributed by atoms with Crippen LogP contribution in [0.5, 0.6) is 5.75 Å². The predicted molar refractivity (Wildman–Crippen MR) is 112 cm³/mol. The minimum absolute atomic E-state index is 0.0271. The second kappa shape index (κ2) is 10.1. The number of hydrogen-bond donors (Lipinski definition) is 0. The number of allylic oxidation sites excluding steroid dienone is 1. The molecule has 1 saturated carbocycles. The summed E-state index contributed by atoms with van der Waals surface area (Å²) in [4.78, 5) is 0. The molecule has 1 aliphatic rings. The lowest BCUT2D eigenvalue weighted by Crippen LogP contribution is -2.16. The molecule has 0 heterocycles. The molecule has 3 rings (SSSR count). The highest BCUT2D eigenvalue weighted by molar-refractivity contribution is 5.50. The van der Waals surface area contributed by atoms with Crippen molar-refractivity contribution in [1.82, 2.24) is 0 Å². The van der Waals surface area contributed by atoms with Crippen molar-refractivity contribution in [2.75, 3.05) is 6.61 Å². The van der Waals surface area contributed by atoms with Crippen molar-refractivity contribution in [3.05, 3.63) is 70.3 Å². The Kier molecular flexibility index (Phi) is 7.57. The maximum absolute atomic E-state index is 14.5. The molecule has 1 fully saturated rings. The SMILES string of the molecule is CC=Cc1ccc(CCC2CCC(c3ccc(OCC)c(F)c3F)CC2)c(F)c1F. The van der Waals surface area contributed by atoms with E-state index in [9.17, 15) is 17.6 Å². The van der Waals surface area contributed by atoms with Crippen LogP contribution in [-0.2, 0) is 6.42 Å². The van der Waals surface area contributed by atoms with E-state index in [0.29, 0.717) is 23.5 Å². The smallest absolute Gasteiger partial charge is 0.200 e. The molecule has 1 aliphatic carbocycles. The zero-order chi connectivity index (χ0) is 21.7. The Labute approximate surface area is 175 Å². The Morgan fingerprint density at radius 2 is 1.63 bits per heavy atom. The van der Waals surface area contributed by atoms with Crippen LogP contribution in [0.25, 0.3) is 6.08 Å². The fourth-order valence-corrected chi connectivity index (χ4v) is 4.36. The van der Waals surface area contributed by atoms with Gasteiger partial charge in [0.25, 0.3) is 0 Å². The summed E-state index contributed by atoms with van der Waals surface area (Å²) >= 11 is 0. The highest BCUT2D eigenvalue weighted by atomic mass is 19.2. The summed E-state index contributed by atoms with van der Waals surface area (Å²) in [7, 11) is 0. The van der Waals surface area contributed by atoms with E-state index in [1.54, 1.807) is 44.2 Å². The molecule has 0 amide bonds. The van der Waals surface area contributed by atoms with E-state index < -0.39 is 23.3 Å². The molecule has 2 aromatic rings. The van der Waals surface area contributed by atoms with Gasteiger partial charge in [-0.2, -0.15) is 4.39 Å². The molecule has 2 aromatic carbocycles. The summed E-state index contributed by atoms with van der Waals surface area (Å²) in [6.07, 6.45) is 7.69. The third-order valence-electron chi connectivity index (χ3n) is 6.02. The quantitative estimate of drug-likeness (QED) is 0.420. The van der Waals surface area contributed by atoms with E-state index in [-0.39, 0.29) is 23.8 Å². The van der Waals surface area contributed by atoms with Crippen molar-refractivity contribution >= 4 is 6.08 Å². The molecule has 1 nitrogen and oxygen atoms in total. The lowest BCUT2D eigenvalue weighted by molar-refractivity contribution is 0.296. The van der Waals surface area contributed by atoms with Crippen molar-refractivity contribution in [3.8, 4) is 5.75 Å². The van der Waals surface area contributed by atoms with Gasteiger partial charge in [-0.05, 0) is 81.4 Å². The van der Waals surface area contributed by atoms with E-state index >= 15 is 0 Å². The first kappa shape index (κ1) is 22.4. The molecule has 0 unspecified atom stereocenters. The summed E-state index contributed by atoms with van der Waals surface area (Å²) in [6, 6.07) is 6.38. The first-order chi connectivity index (χ1) is 14.5. The minimum atomic E-state index is -0.921. The molecule has 30 heavy (non-hydrogen) atoms. The van der Waals surface area contributed by atoms with Gasteiger partial charge in [0.05, 0.1) is 6.61 Å². The van der Waals surface area contributed by atoms with Gasteiger partial charge in [-0.3, -0.25) is 0 Å². The van der Waals surface area contributed by atoms with Crippen LogP contribution >= 0.6 is 0 Å². The normalized spacial score (nSPS) is 19.4. The Morgan fingerprint density at radius 1 is 0.900 bits per heavy atom. The number of ether oxygens (including phenoxy) is 1. The van der Waals surface area contributed by atoms with E-state index in [4.69, 9.17) is 4.74 Å². The molecule has 0 aliphatic heterocycles. The fourth-order valence-electron chi connectivity index (χ4n) is 4.36. The van der Waals surface area contributed by atoms with Crippen LogP contribution in [0.15, 0.2) is 30.3 Å². The molecule has 0 bridgehead atoms. The maximum atomic E-state index is 14.5. The van der Waals surface area contributed by atoms with Crippen LogP contribution in [0.4, 0.5) is 17.6 Å². The summed E-state index contributed by atoms with van der Waals surface area (Å²) in [5.74, 6) is -3.02. The van der Waals surface area contributed by atoms with Crippen LogP contribution in [0, 0.1) is 29.2 Å². The summed E-state index contributed by atoms with van der Waals surface area (Å²) in [5, 5.41) is 0. The lowest BCUT2D eigenvalue weighted by atomic mass is 9.76. The van der Waals surface area contributed by atoms with Gasteiger partial charge in [0, 0.05) is 5.56 Å². The highest BCUT2D eigenvalue weighted by Crippen LogP contribution is 2.40. The molecule has 0 atom stereocenters. The number of benzene rings is 2. The topological polar surface area (TPSA) is 9.23 Å². The first-order valence-electron chi connectivity index (χ1n) is 10.7. The van der Waals surface area contributed by atoms with Crippen LogP contribution in [0.3, 0.4) is 0 Å². The first-order valence-corrected chi connectivity index (χ1v) is 10.7. The Morgan fingerprint density at radius 3 is 2.30 bits per heavy atom. The third kappa shape index (κ3) is 4.88. The van der Waals surface area contributed by atoms with Crippen LogP contribution in [0.2, 0.25) is 0 Å². The van der Waals surface area contributed by atoms with Crippen LogP contribution < -0.4 is 4.74 Å². The molecule has 0 saturated heterocycles. The van der Waals surface area contributed by atoms with Crippen LogP contribution in [0.1, 0.15) is 68.6 Å². The van der Waals surface area contributed by atoms with Crippen molar-refractivity contribution in [2.24, 2.45) is 5.92 Å². The summed E-state index contributed by atoms with van der Waals surface area (Å²) < 4.78 is 62.1. The van der Waals surface area contributed by atoms with Gasteiger partial charge in [-0.25, -0.2) is 13.2 Å². The van der Waals surface area contributed by atoms with Crippen molar-refractivity contribution in [3.63, 3.8) is 0 Å². The molecular weight excluding hydrogens is 392 g/mol. The largest absolute Gasteiger partial charge is 0.491 e. The van der Waals surface area contributed by atoms with Gasteiger partial charge >= 0.3 is 0 Å². The predicted octanol–water partition coefficient (Wildman–Crippen LogP) is 7.58. The third-order valence-corrected chi connectivity index (χ3v) is 6.02. The summed E-state index contributed by atoms with van der Waals surface area (Å²) in [5.41, 5.74) is 1.05. The number of halogens is 4. The van der Waals surface area contributed by atoms with E-state index in [1.807, 2.05) is 0 Å². The molecular formula is C25H28F4O. The van der Waals surface area contributed by atoms with Gasteiger partial charge in [0.1, 0.15) is 0 Å². The zero-order valence-electron chi connectivity index (χ0n) is 17.5. The average molecular weight is 420 g/mol. The second-order valence-corrected chi connectivity index (χ2v) is 7.91. The Balaban J connectivity index is 1.58. The van der Waals surface area contributed by atoms with Crippen molar-refractivity contribution < 1.29 is 22.3 Å². The highest BCUT2D eigenvalue weighted by Gasteiger charge is 2.27. The summed E-state index contributed by atoms with van der Waals surface area (Å²) in [6.45, 7) is 3.77. The van der Waals surface area contributed by atoms with Gasteiger partial charge in [0.2, 0.25) is 5.82 Å². The van der Waals surface area contributed by atoms with Crippen molar-refractivity contribution in [1.29, 1.82) is 0 Å². The van der Waals surface area contributed by atoms with Gasteiger partial charge in [-0.15, -0.1) is 0 Å². The monoisotopic (exact) mass is 420 g/mol. The minimum Gasteiger partial charge on any atom is -0.491 e. The number of hydrogen-bond acceptors (Lipinski definition) is 1. The zero-order valence-corrected chi connectivity index (χ0v) is 17.5. The average Bonchev–Trinajstić information content (AvgIpc) is 2.75. The maximum Gasteiger partial charge on any atom is 0.200 e. The number of aryl methyl sites for hydroxylation is 1. The molecule has 0 radical (unpaired) electrons. The molecule has 0 aromatic heterocycles. The van der Waals surface area contributed by atoms with E-state index in [1.165, 1.54) is 6.07 Å². The van der Waals surface area contributed by atoms with E-state index in [2.05, 4.69) is 0 Å². The molecule has 0 spiro atoms. The standard InChI is InChI=1S/C25H28F4O/c1-3-5-18-12-13-19(23(27)22(18)26)11-8-16-6-9-17(10-7-16)20-14-15-21(30-4-2)25(29)24(20)28/h3,5,12-17H,4,6-11H2,1-2H3. The molecule has 5 heteroatoms. The fraction of sp³-hybridized carbons (Fsp3) is 0.440. The van der Waals surface area contributed by atoms with E-state index in [0.717, 1.165) is 32.1 Å². The van der Waals surface area contributed by atoms with Crippen molar-refractivity contribution in [2.45, 2.75) is 58.3 Å². The number of rotatable bonds is 7. The van der Waals surface area contributed by atoms with Gasteiger partial charge < -0.3 is 4.74 Å².